The first-order chi connectivity index (χ1) is 12.9. The van der Waals surface area contributed by atoms with Gasteiger partial charge in [-0.2, -0.15) is 0 Å². The quantitative estimate of drug-likeness (QED) is 0.603. The number of allylic oxidation sites excluding steroid dienone is 5. The number of esters is 2. The van der Waals surface area contributed by atoms with Gasteiger partial charge < -0.3 is 13.9 Å². The van der Waals surface area contributed by atoms with E-state index in [9.17, 15) is 18.8 Å². The molecule has 0 aliphatic heterocycles. The molecule has 0 saturated heterocycles. The second kappa shape index (κ2) is 7.82. The van der Waals surface area contributed by atoms with Crippen LogP contribution in [0, 0.1) is 0 Å². The van der Waals surface area contributed by atoms with Gasteiger partial charge in [0.2, 0.25) is 0 Å². The smallest absolute Gasteiger partial charge is 0.351 e. The van der Waals surface area contributed by atoms with Gasteiger partial charge in [0.1, 0.15) is 29.3 Å². The van der Waals surface area contributed by atoms with Gasteiger partial charge in [0.25, 0.3) is 0 Å². The van der Waals surface area contributed by atoms with E-state index < -0.39 is 23.4 Å². The van der Waals surface area contributed by atoms with Crippen LogP contribution in [-0.2, 0) is 20.9 Å². The summed E-state index contributed by atoms with van der Waals surface area (Å²) in [5.74, 6) is -1.94. The number of fused-ring (bicyclic) bond motifs is 1. The average Bonchev–Trinajstić information content (AvgIpc) is 2.83. The first-order valence-corrected chi connectivity index (χ1v) is 8.08. The lowest BCUT2D eigenvalue weighted by atomic mass is 10.1. The Bertz CT molecular complexity index is 1060. The van der Waals surface area contributed by atoms with Gasteiger partial charge in [-0.3, -0.25) is 4.79 Å². The third-order valence-corrected chi connectivity index (χ3v) is 3.68. The fourth-order valence-electron chi connectivity index (χ4n) is 2.42. The number of hydrogen-bond acceptors (Lipinski definition) is 6. The molecule has 0 unspecified atom stereocenters. The van der Waals surface area contributed by atoms with E-state index in [0.717, 1.165) is 6.08 Å². The van der Waals surface area contributed by atoms with Crippen LogP contribution in [0.25, 0.3) is 11.0 Å². The highest BCUT2D eigenvalue weighted by molar-refractivity contribution is 5.93. The lowest BCUT2D eigenvalue weighted by molar-refractivity contribution is -0.142. The maximum Gasteiger partial charge on any atom is 0.351 e. The standard InChI is InChI=1S/C20H15FO6/c1-12(22)25-11-13-6-7-18-14(8-13)9-17(20(24)27-18)19(23)26-16-5-3-2-4-15(21)10-16/h3-10H,2,11H2,1H3. The van der Waals surface area contributed by atoms with Crippen LogP contribution in [0.3, 0.4) is 0 Å². The van der Waals surface area contributed by atoms with Crippen molar-refractivity contribution in [2.24, 2.45) is 0 Å². The molecule has 0 fully saturated rings. The minimum absolute atomic E-state index is 0.0191. The summed E-state index contributed by atoms with van der Waals surface area (Å²) in [6.45, 7) is 1.34. The predicted molar refractivity (Wildman–Crippen MR) is 94.4 cm³/mol. The van der Waals surface area contributed by atoms with Crippen molar-refractivity contribution >= 4 is 22.9 Å². The van der Waals surface area contributed by atoms with E-state index in [1.165, 1.54) is 25.1 Å². The molecule has 1 aliphatic rings. The van der Waals surface area contributed by atoms with Crippen LogP contribution in [0.4, 0.5) is 4.39 Å². The Balaban J connectivity index is 1.89. The summed E-state index contributed by atoms with van der Waals surface area (Å²) in [4.78, 5) is 35.3. The molecule has 0 amide bonds. The van der Waals surface area contributed by atoms with E-state index in [1.54, 1.807) is 24.3 Å². The molecule has 0 N–H and O–H groups in total. The zero-order valence-electron chi connectivity index (χ0n) is 14.4. The van der Waals surface area contributed by atoms with Gasteiger partial charge in [-0.1, -0.05) is 12.1 Å². The second-order valence-electron chi connectivity index (χ2n) is 5.76. The van der Waals surface area contributed by atoms with E-state index in [-0.39, 0.29) is 23.5 Å². The van der Waals surface area contributed by atoms with E-state index in [2.05, 4.69) is 0 Å². The molecule has 1 heterocycles. The highest BCUT2D eigenvalue weighted by Gasteiger charge is 2.17. The van der Waals surface area contributed by atoms with E-state index in [4.69, 9.17) is 13.9 Å². The van der Waals surface area contributed by atoms with Gasteiger partial charge in [0.05, 0.1) is 0 Å². The zero-order valence-corrected chi connectivity index (χ0v) is 14.4. The molecule has 3 rings (SSSR count). The summed E-state index contributed by atoms with van der Waals surface area (Å²) < 4.78 is 28.6. The largest absolute Gasteiger partial charge is 0.461 e. The van der Waals surface area contributed by atoms with E-state index in [1.807, 2.05) is 0 Å². The molecule has 6 nitrogen and oxygen atoms in total. The van der Waals surface area contributed by atoms with Crippen LogP contribution < -0.4 is 5.63 Å². The minimum Gasteiger partial charge on any atom is -0.461 e. The van der Waals surface area contributed by atoms with Crippen molar-refractivity contribution in [1.29, 1.82) is 0 Å². The van der Waals surface area contributed by atoms with Crippen LogP contribution in [0.2, 0.25) is 0 Å². The fraction of sp³-hybridized carbons (Fsp3) is 0.150. The molecule has 0 spiro atoms. The Morgan fingerprint density at radius 2 is 2.07 bits per heavy atom. The summed E-state index contributed by atoms with van der Waals surface area (Å²) in [6.07, 6.45) is 5.82. The zero-order chi connectivity index (χ0) is 19.4. The maximum absolute atomic E-state index is 13.4. The second-order valence-corrected chi connectivity index (χ2v) is 5.76. The first-order valence-electron chi connectivity index (χ1n) is 8.08. The number of hydrogen-bond donors (Lipinski definition) is 0. The monoisotopic (exact) mass is 370 g/mol. The van der Waals surface area contributed by atoms with Crippen LogP contribution in [0.15, 0.2) is 69.4 Å². The fourth-order valence-corrected chi connectivity index (χ4v) is 2.42. The number of carbonyl (C=O) groups is 2. The Morgan fingerprint density at radius 1 is 1.26 bits per heavy atom. The molecular weight excluding hydrogens is 355 g/mol. The number of benzene rings is 1. The molecule has 138 valence electrons. The summed E-state index contributed by atoms with van der Waals surface area (Å²) in [6, 6.07) is 6.14. The summed E-state index contributed by atoms with van der Waals surface area (Å²) in [7, 11) is 0. The lowest BCUT2D eigenvalue weighted by Gasteiger charge is -2.06. The van der Waals surface area contributed by atoms with E-state index in [0.29, 0.717) is 17.4 Å². The molecular formula is C20H15FO6. The number of rotatable bonds is 4. The maximum atomic E-state index is 13.4. The molecule has 2 aromatic rings. The van der Waals surface area contributed by atoms with Crippen molar-refractivity contribution in [3.05, 3.63) is 81.7 Å². The van der Waals surface area contributed by atoms with Gasteiger partial charge in [-0.05, 0) is 42.3 Å². The predicted octanol–water partition coefficient (Wildman–Crippen LogP) is 3.71. The van der Waals surface area contributed by atoms with Crippen molar-refractivity contribution in [2.75, 3.05) is 0 Å². The lowest BCUT2D eigenvalue weighted by Crippen LogP contribution is -2.16. The van der Waals surface area contributed by atoms with Crippen LogP contribution in [0.5, 0.6) is 0 Å². The van der Waals surface area contributed by atoms with Gasteiger partial charge >= 0.3 is 17.6 Å². The Hall–Kier alpha value is -3.48. The molecule has 27 heavy (non-hydrogen) atoms. The molecule has 7 heteroatoms. The number of ether oxygens (including phenoxy) is 2. The molecule has 0 atom stereocenters. The highest BCUT2D eigenvalue weighted by atomic mass is 19.1. The van der Waals surface area contributed by atoms with Crippen LogP contribution in [0.1, 0.15) is 29.3 Å². The van der Waals surface area contributed by atoms with Gasteiger partial charge in [-0.15, -0.1) is 0 Å². The Labute approximate surface area is 153 Å². The van der Waals surface area contributed by atoms with Crippen molar-refractivity contribution in [1.82, 2.24) is 0 Å². The topological polar surface area (TPSA) is 82.8 Å². The van der Waals surface area contributed by atoms with Gasteiger partial charge in [0, 0.05) is 18.4 Å². The summed E-state index contributed by atoms with van der Waals surface area (Å²) in [5, 5.41) is 0.461. The SMILES string of the molecule is CC(=O)OCc1ccc2oc(=O)c(C(=O)OC3=CC(F)=CCC=C3)cc2c1. The van der Waals surface area contributed by atoms with Crippen LogP contribution >= 0.6 is 0 Å². The first kappa shape index (κ1) is 18.3. The van der Waals surface area contributed by atoms with Crippen molar-refractivity contribution in [3.63, 3.8) is 0 Å². The number of carbonyl (C=O) groups excluding carboxylic acids is 2. The minimum atomic E-state index is -0.957. The van der Waals surface area contributed by atoms with Crippen molar-refractivity contribution in [3.8, 4) is 0 Å². The van der Waals surface area contributed by atoms with Crippen molar-refractivity contribution in [2.45, 2.75) is 20.0 Å². The van der Waals surface area contributed by atoms with Crippen LogP contribution in [-0.4, -0.2) is 11.9 Å². The van der Waals surface area contributed by atoms with Crippen molar-refractivity contribution < 1.29 is 27.9 Å². The van der Waals surface area contributed by atoms with Gasteiger partial charge in [-0.25, -0.2) is 14.0 Å². The number of halogens is 1. The summed E-state index contributed by atoms with van der Waals surface area (Å²) in [5.41, 5.74) is -0.261. The Kier molecular flexibility index (Phi) is 5.30. The normalized spacial score (nSPS) is 13.6. The van der Waals surface area contributed by atoms with Gasteiger partial charge in [0.15, 0.2) is 0 Å². The summed E-state index contributed by atoms with van der Waals surface area (Å²) >= 11 is 0. The van der Waals surface area contributed by atoms with E-state index >= 15 is 0 Å². The Morgan fingerprint density at radius 3 is 2.85 bits per heavy atom. The third kappa shape index (κ3) is 4.58. The highest BCUT2D eigenvalue weighted by Crippen LogP contribution is 2.19. The molecule has 0 bridgehead atoms. The third-order valence-electron chi connectivity index (χ3n) is 3.68. The molecule has 1 aromatic heterocycles. The molecule has 1 aromatic carbocycles. The molecule has 0 saturated carbocycles. The molecule has 1 aliphatic carbocycles. The molecule has 0 radical (unpaired) electrons. The average molecular weight is 370 g/mol.